The molecule has 2 N–H and O–H groups in total. The molecule has 4 nitrogen and oxygen atoms in total. The molecule has 106 valence electrons. The highest BCUT2D eigenvalue weighted by molar-refractivity contribution is 7.92. The van der Waals surface area contributed by atoms with E-state index in [0.717, 1.165) is 12.1 Å². The van der Waals surface area contributed by atoms with Gasteiger partial charge in [-0.05, 0) is 30.5 Å². The zero-order chi connectivity index (χ0) is 14.7. The summed E-state index contributed by atoms with van der Waals surface area (Å²) in [6.07, 6.45) is 1.07. The number of carbonyl (C=O) groups is 1. The largest absolute Gasteiger partial charge is 0.501 e. The highest BCUT2D eigenvalue weighted by Crippen LogP contribution is 2.30. The van der Waals surface area contributed by atoms with E-state index in [4.69, 9.17) is 5.73 Å². The minimum atomic E-state index is -5.31. The molecule has 0 atom stereocenters. The third-order valence-corrected chi connectivity index (χ3v) is 3.93. The standard InChI is InChI=1S/C11H12F3NO3S/c12-11(13,14)19(17,18)9-6-4-8(5-7-9)2-1-3-10(15)16/h4-7H,1-3H2,(H2,15,16). The summed E-state index contributed by atoms with van der Waals surface area (Å²) in [5, 5.41) is 0. The lowest BCUT2D eigenvalue weighted by Crippen LogP contribution is -2.23. The zero-order valence-electron chi connectivity index (χ0n) is 9.77. The quantitative estimate of drug-likeness (QED) is 0.899. The van der Waals surface area contributed by atoms with E-state index in [1.807, 2.05) is 0 Å². The van der Waals surface area contributed by atoms with Crippen molar-refractivity contribution in [3.63, 3.8) is 0 Å². The van der Waals surface area contributed by atoms with Gasteiger partial charge in [0.15, 0.2) is 0 Å². The second-order valence-electron chi connectivity index (χ2n) is 3.91. The van der Waals surface area contributed by atoms with Gasteiger partial charge in [0.25, 0.3) is 9.84 Å². The molecule has 19 heavy (non-hydrogen) atoms. The average molecular weight is 295 g/mol. The van der Waals surface area contributed by atoms with Gasteiger partial charge in [0.1, 0.15) is 0 Å². The second-order valence-corrected chi connectivity index (χ2v) is 5.85. The number of aryl methyl sites for hydroxylation is 1. The lowest BCUT2D eigenvalue weighted by atomic mass is 10.1. The van der Waals surface area contributed by atoms with Crippen molar-refractivity contribution < 1.29 is 26.4 Å². The molecule has 1 amide bonds. The second kappa shape index (κ2) is 5.60. The molecule has 0 aliphatic carbocycles. The number of hydrogen-bond donors (Lipinski definition) is 1. The lowest BCUT2D eigenvalue weighted by molar-refractivity contribution is -0.118. The van der Waals surface area contributed by atoms with E-state index in [2.05, 4.69) is 0 Å². The number of carbonyl (C=O) groups excluding carboxylic acids is 1. The molecule has 0 aliphatic rings. The fourth-order valence-corrected chi connectivity index (χ4v) is 2.20. The summed E-state index contributed by atoms with van der Waals surface area (Å²) < 4.78 is 59.0. The van der Waals surface area contributed by atoms with Gasteiger partial charge in [0.2, 0.25) is 5.91 Å². The Labute approximate surface area is 108 Å². The molecule has 0 bridgehead atoms. The van der Waals surface area contributed by atoms with Crippen molar-refractivity contribution in [2.45, 2.75) is 29.7 Å². The SMILES string of the molecule is NC(=O)CCCc1ccc(S(=O)(=O)C(F)(F)F)cc1. The van der Waals surface area contributed by atoms with Crippen LogP contribution >= 0.6 is 0 Å². The Kier molecular flexibility index (Phi) is 4.56. The van der Waals surface area contributed by atoms with Crippen molar-refractivity contribution in [3.8, 4) is 0 Å². The first kappa shape index (κ1) is 15.5. The van der Waals surface area contributed by atoms with Crippen LogP contribution in [0.15, 0.2) is 29.2 Å². The maximum absolute atomic E-state index is 12.3. The number of hydrogen-bond acceptors (Lipinski definition) is 3. The molecule has 8 heteroatoms. The number of sulfone groups is 1. The third kappa shape index (κ3) is 3.95. The van der Waals surface area contributed by atoms with Crippen LogP contribution in [-0.4, -0.2) is 19.8 Å². The Morgan fingerprint density at radius 1 is 1.16 bits per heavy atom. The van der Waals surface area contributed by atoms with Crippen molar-refractivity contribution in [1.29, 1.82) is 0 Å². The fourth-order valence-electron chi connectivity index (χ4n) is 1.44. The molecular weight excluding hydrogens is 283 g/mol. The van der Waals surface area contributed by atoms with Crippen LogP contribution in [0.1, 0.15) is 18.4 Å². The highest BCUT2D eigenvalue weighted by Gasteiger charge is 2.46. The number of rotatable bonds is 5. The maximum Gasteiger partial charge on any atom is 0.501 e. The van der Waals surface area contributed by atoms with Crippen LogP contribution in [0.25, 0.3) is 0 Å². The molecule has 0 heterocycles. The van der Waals surface area contributed by atoms with Crippen molar-refractivity contribution >= 4 is 15.7 Å². The fraction of sp³-hybridized carbons (Fsp3) is 0.364. The van der Waals surface area contributed by atoms with Crippen LogP contribution in [-0.2, 0) is 21.1 Å². The van der Waals surface area contributed by atoms with E-state index in [1.54, 1.807) is 0 Å². The van der Waals surface area contributed by atoms with Crippen LogP contribution in [0, 0.1) is 0 Å². The van der Waals surface area contributed by atoms with Gasteiger partial charge >= 0.3 is 5.51 Å². The Balaban J connectivity index is 2.80. The summed E-state index contributed by atoms with van der Waals surface area (Å²) in [6, 6.07) is 4.39. The number of halogens is 3. The number of primary amides is 1. The van der Waals surface area contributed by atoms with E-state index in [9.17, 15) is 26.4 Å². The van der Waals surface area contributed by atoms with E-state index >= 15 is 0 Å². The van der Waals surface area contributed by atoms with Gasteiger partial charge in [0.05, 0.1) is 4.90 Å². The predicted octanol–water partition coefficient (Wildman–Crippen LogP) is 1.79. The van der Waals surface area contributed by atoms with Gasteiger partial charge in [-0.1, -0.05) is 12.1 Å². The van der Waals surface area contributed by atoms with Gasteiger partial charge in [-0.3, -0.25) is 4.79 Å². The molecule has 1 aromatic rings. The van der Waals surface area contributed by atoms with Gasteiger partial charge in [-0.25, -0.2) is 8.42 Å². The summed E-state index contributed by atoms with van der Waals surface area (Å²) in [6.45, 7) is 0. The summed E-state index contributed by atoms with van der Waals surface area (Å²) in [5.41, 5.74) is 0.278. The molecule has 0 fully saturated rings. The lowest BCUT2D eigenvalue weighted by Gasteiger charge is -2.08. The average Bonchev–Trinajstić information content (AvgIpc) is 2.27. The summed E-state index contributed by atoms with van der Waals surface area (Å²) in [7, 11) is -5.30. The van der Waals surface area contributed by atoms with E-state index in [-0.39, 0.29) is 6.42 Å². The first-order valence-corrected chi connectivity index (χ1v) is 6.81. The van der Waals surface area contributed by atoms with Crippen molar-refractivity contribution in [1.82, 2.24) is 0 Å². The van der Waals surface area contributed by atoms with Crippen molar-refractivity contribution in [2.75, 3.05) is 0 Å². The molecule has 0 unspecified atom stereocenters. The van der Waals surface area contributed by atoms with Crippen LogP contribution in [0.3, 0.4) is 0 Å². The van der Waals surface area contributed by atoms with Gasteiger partial charge in [-0.15, -0.1) is 0 Å². The minimum absolute atomic E-state index is 0.169. The highest BCUT2D eigenvalue weighted by atomic mass is 32.2. The molecule has 0 aliphatic heterocycles. The zero-order valence-corrected chi connectivity index (χ0v) is 10.6. The first-order chi connectivity index (χ1) is 8.64. The summed E-state index contributed by atoms with van der Waals surface area (Å²) >= 11 is 0. The molecule has 0 saturated heterocycles. The maximum atomic E-state index is 12.3. The van der Waals surface area contributed by atoms with Gasteiger partial charge in [-0.2, -0.15) is 13.2 Å². The van der Waals surface area contributed by atoms with Gasteiger partial charge in [0, 0.05) is 6.42 Å². The number of amides is 1. The monoisotopic (exact) mass is 295 g/mol. The molecule has 0 saturated carbocycles. The smallest absolute Gasteiger partial charge is 0.370 e. The number of alkyl halides is 3. The van der Waals surface area contributed by atoms with Crippen LogP contribution in [0.2, 0.25) is 0 Å². The Bertz CT molecular complexity index is 550. The van der Waals surface area contributed by atoms with Crippen LogP contribution < -0.4 is 5.73 Å². The minimum Gasteiger partial charge on any atom is -0.370 e. The molecule has 0 spiro atoms. The normalized spacial score (nSPS) is 12.4. The van der Waals surface area contributed by atoms with E-state index < -0.39 is 26.1 Å². The Morgan fingerprint density at radius 3 is 2.11 bits per heavy atom. The summed E-state index contributed by atoms with van der Waals surface area (Å²) in [4.78, 5) is 9.71. The molecule has 1 rings (SSSR count). The van der Waals surface area contributed by atoms with Crippen LogP contribution in [0.4, 0.5) is 13.2 Å². The molecule has 0 radical (unpaired) electrons. The summed E-state index contributed by atoms with van der Waals surface area (Å²) in [5.74, 6) is -0.462. The number of benzene rings is 1. The first-order valence-electron chi connectivity index (χ1n) is 5.33. The van der Waals surface area contributed by atoms with Crippen LogP contribution in [0.5, 0.6) is 0 Å². The Morgan fingerprint density at radius 2 is 1.68 bits per heavy atom. The topological polar surface area (TPSA) is 77.2 Å². The van der Waals surface area contributed by atoms with Crippen molar-refractivity contribution in [2.24, 2.45) is 5.73 Å². The van der Waals surface area contributed by atoms with E-state index in [1.165, 1.54) is 12.1 Å². The molecular formula is C11H12F3NO3S. The van der Waals surface area contributed by atoms with Crippen molar-refractivity contribution in [3.05, 3.63) is 29.8 Å². The molecule has 0 aromatic heterocycles. The third-order valence-electron chi connectivity index (χ3n) is 2.43. The predicted molar refractivity (Wildman–Crippen MR) is 61.8 cm³/mol. The Hall–Kier alpha value is -1.57. The number of nitrogens with two attached hydrogens (primary N) is 1. The van der Waals surface area contributed by atoms with Gasteiger partial charge < -0.3 is 5.73 Å². The van der Waals surface area contributed by atoms with E-state index in [0.29, 0.717) is 18.4 Å². The molecule has 1 aromatic carbocycles.